The Bertz CT molecular complexity index is 793. The quantitative estimate of drug-likeness (QED) is 0.705. The van der Waals surface area contributed by atoms with Crippen LogP contribution in [0.15, 0.2) is 41.6 Å². The van der Waals surface area contributed by atoms with Gasteiger partial charge in [0.1, 0.15) is 0 Å². The molecule has 0 spiro atoms. The number of amides is 2. The molecule has 29 heavy (non-hydrogen) atoms. The van der Waals surface area contributed by atoms with Crippen molar-refractivity contribution in [1.82, 2.24) is 15.5 Å². The highest BCUT2D eigenvalue weighted by Gasteiger charge is 2.35. The van der Waals surface area contributed by atoms with Crippen LogP contribution in [-0.4, -0.2) is 56.2 Å². The molecule has 2 unspecified atom stereocenters. The van der Waals surface area contributed by atoms with E-state index in [0.29, 0.717) is 31.0 Å². The van der Waals surface area contributed by atoms with Crippen LogP contribution < -0.4 is 10.6 Å². The minimum Gasteiger partial charge on any atom is -0.466 e. The summed E-state index contributed by atoms with van der Waals surface area (Å²) in [6.45, 7) is 3.79. The highest BCUT2D eigenvalue weighted by atomic mass is 16.5. The Balaban J connectivity index is 1.87. The number of methoxy groups -OCH3 is 1. The molecule has 3 rings (SSSR count). The van der Waals surface area contributed by atoms with Gasteiger partial charge in [0.25, 0.3) is 0 Å². The normalized spacial score (nSPS) is 22.5. The molecule has 0 saturated carbocycles. The molecule has 2 aliphatic rings. The number of nitrogens with zero attached hydrogens (tertiary/aromatic N) is 1. The second kappa shape index (κ2) is 9.56. The number of hydrogen-bond acceptors (Lipinski definition) is 6. The van der Waals surface area contributed by atoms with Crippen molar-refractivity contribution in [1.29, 1.82) is 0 Å². The van der Waals surface area contributed by atoms with Gasteiger partial charge in [-0.15, -0.1) is 0 Å². The van der Waals surface area contributed by atoms with Gasteiger partial charge in [0.2, 0.25) is 0 Å². The van der Waals surface area contributed by atoms with Gasteiger partial charge < -0.3 is 20.1 Å². The van der Waals surface area contributed by atoms with Crippen LogP contribution in [0.4, 0.5) is 4.79 Å². The van der Waals surface area contributed by atoms with E-state index in [0.717, 1.165) is 24.9 Å². The van der Waals surface area contributed by atoms with Gasteiger partial charge in [-0.1, -0.05) is 30.3 Å². The van der Waals surface area contributed by atoms with Gasteiger partial charge in [0.15, 0.2) is 0 Å². The first kappa shape index (κ1) is 20.9. The van der Waals surface area contributed by atoms with Crippen LogP contribution in [0.5, 0.6) is 0 Å². The van der Waals surface area contributed by atoms with Crippen molar-refractivity contribution in [3.8, 4) is 0 Å². The molecule has 8 nitrogen and oxygen atoms in total. The highest BCUT2D eigenvalue weighted by Crippen LogP contribution is 2.28. The average molecular weight is 401 g/mol. The maximum Gasteiger partial charge on any atom is 0.338 e. The fraction of sp³-hybridized carbons (Fsp3) is 0.476. The molecule has 8 heteroatoms. The lowest BCUT2D eigenvalue weighted by Crippen LogP contribution is -2.49. The van der Waals surface area contributed by atoms with E-state index in [4.69, 9.17) is 9.47 Å². The molecule has 0 radical (unpaired) electrons. The molecule has 2 N–H and O–H groups in total. The predicted molar refractivity (Wildman–Crippen MR) is 106 cm³/mol. The van der Waals surface area contributed by atoms with Gasteiger partial charge >= 0.3 is 18.0 Å². The average Bonchev–Trinajstić information content (AvgIpc) is 2.74. The summed E-state index contributed by atoms with van der Waals surface area (Å²) in [5, 5.41) is 5.58. The molecule has 156 valence electrons. The number of carbonyl (C=O) groups is 3. The second-order valence-electron chi connectivity index (χ2n) is 7.15. The van der Waals surface area contributed by atoms with E-state index < -0.39 is 12.0 Å². The van der Waals surface area contributed by atoms with E-state index in [1.165, 1.54) is 7.11 Å². The van der Waals surface area contributed by atoms with E-state index >= 15 is 0 Å². The lowest BCUT2D eigenvalue weighted by atomic mass is 9.94. The van der Waals surface area contributed by atoms with Crippen LogP contribution in [0.25, 0.3) is 0 Å². The summed E-state index contributed by atoms with van der Waals surface area (Å²) < 4.78 is 10.2. The Morgan fingerprint density at radius 1 is 1.24 bits per heavy atom. The molecular weight excluding hydrogens is 374 g/mol. The van der Waals surface area contributed by atoms with Crippen molar-refractivity contribution in [2.45, 2.75) is 25.8 Å². The van der Waals surface area contributed by atoms with Crippen molar-refractivity contribution in [3.05, 3.63) is 47.2 Å². The number of hydrogen-bond donors (Lipinski definition) is 2. The van der Waals surface area contributed by atoms with Crippen LogP contribution >= 0.6 is 0 Å². The number of urea groups is 1. The lowest BCUT2D eigenvalue weighted by molar-refractivity contribution is -0.150. The van der Waals surface area contributed by atoms with Crippen LogP contribution in [0.3, 0.4) is 0 Å². The van der Waals surface area contributed by atoms with Crippen molar-refractivity contribution in [2.24, 2.45) is 5.92 Å². The monoisotopic (exact) mass is 401 g/mol. The smallest absolute Gasteiger partial charge is 0.338 e. The standard InChI is InChI=1S/C21H27N3O5/c1-3-29-19(25)15-10-7-11-24(12-15)13-16-17(20(26)28-2)18(23-21(27)22-16)14-8-5-4-6-9-14/h4-6,8-9,15,18H,3,7,10-13H2,1-2H3,(H2,22,23,27). The summed E-state index contributed by atoms with van der Waals surface area (Å²) in [7, 11) is 1.32. The van der Waals surface area contributed by atoms with Crippen molar-refractivity contribution >= 4 is 18.0 Å². The largest absolute Gasteiger partial charge is 0.466 e. The van der Waals surface area contributed by atoms with Gasteiger partial charge in [-0.25, -0.2) is 9.59 Å². The van der Waals surface area contributed by atoms with Gasteiger partial charge in [-0.05, 0) is 31.9 Å². The Labute approximate surface area is 170 Å². The first-order chi connectivity index (χ1) is 14.0. The Morgan fingerprint density at radius 3 is 2.69 bits per heavy atom. The van der Waals surface area contributed by atoms with Crippen molar-refractivity contribution in [2.75, 3.05) is 33.4 Å². The molecule has 2 heterocycles. The van der Waals surface area contributed by atoms with Crippen LogP contribution in [0.2, 0.25) is 0 Å². The van der Waals surface area contributed by atoms with Crippen molar-refractivity contribution < 1.29 is 23.9 Å². The second-order valence-corrected chi connectivity index (χ2v) is 7.15. The molecule has 2 amide bonds. The van der Waals surface area contributed by atoms with Crippen molar-refractivity contribution in [3.63, 3.8) is 0 Å². The van der Waals surface area contributed by atoms with Crippen LogP contribution in [0, 0.1) is 5.92 Å². The summed E-state index contributed by atoms with van der Waals surface area (Å²) in [5.41, 5.74) is 1.67. The maximum absolute atomic E-state index is 12.6. The van der Waals surface area contributed by atoms with E-state index in [2.05, 4.69) is 15.5 Å². The molecule has 1 aromatic carbocycles. The summed E-state index contributed by atoms with van der Waals surface area (Å²) in [6.07, 6.45) is 1.62. The summed E-state index contributed by atoms with van der Waals surface area (Å²) >= 11 is 0. The number of piperidine rings is 1. The highest BCUT2D eigenvalue weighted by molar-refractivity contribution is 5.95. The fourth-order valence-corrected chi connectivity index (χ4v) is 3.86. The minimum absolute atomic E-state index is 0.198. The maximum atomic E-state index is 12.6. The van der Waals surface area contributed by atoms with Gasteiger partial charge in [-0.2, -0.15) is 0 Å². The molecule has 1 saturated heterocycles. The Morgan fingerprint density at radius 2 is 2.00 bits per heavy atom. The number of ether oxygens (including phenoxy) is 2. The zero-order chi connectivity index (χ0) is 20.8. The first-order valence-corrected chi connectivity index (χ1v) is 9.86. The number of benzene rings is 1. The fourth-order valence-electron chi connectivity index (χ4n) is 3.86. The third-order valence-corrected chi connectivity index (χ3v) is 5.20. The topological polar surface area (TPSA) is 97.0 Å². The molecular formula is C21H27N3O5. The van der Waals surface area contributed by atoms with Gasteiger partial charge in [-0.3, -0.25) is 9.69 Å². The molecule has 2 atom stereocenters. The minimum atomic E-state index is -0.599. The van der Waals surface area contributed by atoms with Crippen LogP contribution in [-0.2, 0) is 19.1 Å². The molecule has 0 bridgehead atoms. The zero-order valence-electron chi connectivity index (χ0n) is 16.8. The van der Waals surface area contributed by atoms with Gasteiger partial charge in [0.05, 0.1) is 31.2 Å². The molecule has 0 aliphatic carbocycles. The first-order valence-electron chi connectivity index (χ1n) is 9.86. The molecule has 1 fully saturated rings. The summed E-state index contributed by atoms with van der Waals surface area (Å²) in [4.78, 5) is 39.1. The summed E-state index contributed by atoms with van der Waals surface area (Å²) in [6, 6.07) is 8.32. The summed E-state index contributed by atoms with van der Waals surface area (Å²) in [5.74, 6) is -0.899. The Hall–Kier alpha value is -2.87. The molecule has 0 aromatic heterocycles. The predicted octanol–water partition coefficient (Wildman–Crippen LogP) is 1.74. The SMILES string of the molecule is CCOC(=O)C1CCCN(CC2=C(C(=O)OC)C(c3ccccc3)NC(=O)N2)C1. The Kier molecular flexibility index (Phi) is 6.87. The van der Waals surface area contributed by atoms with E-state index in [9.17, 15) is 14.4 Å². The number of likely N-dealkylation sites (tertiary alicyclic amines) is 1. The molecule has 2 aliphatic heterocycles. The van der Waals surface area contributed by atoms with E-state index in [-0.39, 0.29) is 17.9 Å². The number of rotatable bonds is 6. The van der Waals surface area contributed by atoms with Gasteiger partial charge in [0, 0.05) is 18.8 Å². The van der Waals surface area contributed by atoms with E-state index in [1.54, 1.807) is 6.92 Å². The number of carbonyl (C=O) groups excluding carboxylic acids is 3. The zero-order valence-corrected chi connectivity index (χ0v) is 16.8. The lowest BCUT2D eigenvalue weighted by Gasteiger charge is -2.35. The third-order valence-electron chi connectivity index (χ3n) is 5.20. The number of nitrogens with one attached hydrogen (secondary N) is 2. The van der Waals surface area contributed by atoms with E-state index in [1.807, 2.05) is 30.3 Å². The third kappa shape index (κ3) is 4.95. The van der Waals surface area contributed by atoms with Crippen LogP contribution in [0.1, 0.15) is 31.4 Å². The molecule has 1 aromatic rings. The number of esters is 2.